The van der Waals surface area contributed by atoms with E-state index in [-0.39, 0.29) is 16.7 Å². The Morgan fingerprint density at radius 2 is 1.85 bits per heavy atom. The van der Waals surface area contributed by atoms with Crippen LogP contribution in [0.4, 0.5) is 0 Å². The standard InChI is InChI=1S/C17H34N2O/c1-6-14-8-7-10-19(11-9-14)17(13-18)12-15(2,3)20-16(17,4)5/h14H,6-13,18H2,1-5H3. The molecule has 0 saturated carbocycles. The van der Waals surface area contributed by atoms with Gasteiger partial charge in [0.05, 0.1) is 16.7 Å². The number of nitrogens with zero attached hydrogens (tertiary/aromatic N) is 1. The van der Waals surface area contributed by atoms with Gasteiger partial charge in [0.1, 0.15) is 0 Å². The Labute approximate surface area is 125 Å². The van der Waals surface area contributed by atoms with Crippen LogP contribution >= 0.6 is 0 Å². The highest BCUT2D eigenvalue weighted by atomic mass is 16.5. The Balaban J connectivity index is 2.22. The summed E-state index contributed by atoms with van der Waals surface area (Å²) in [5.74, 6) is 0.897. The largest absolute Gasteiger partial charge is 0.368 e. The van der Waals surface area contributed by atoms with Crippen molar-refractivity contribution in [3.63, 3.8) is 0 Å². The summed E-state index contributed by atoms with van der Waals surface area (Å²) in [6.45, 7) is 14.3. The number of rotatable bonds is 3. The fourth-order valence-electron chi connectivity index (χ4n) is 4.68. The summed E-state index contributed by atoms with van der Waals surface area (Å²) < 4.78 is 6.37. The van der Waals surface area contributed by atoms with Crippen molar-refractivity contribution in [3.05, 3.63) is 0 Å². The Bertz CT molecular complexity index is 340. The van der Waals surface area contributed by atoms with E-state index in [1.54, 1.807) is 0 Å². The van der Waals surface area contributed by atoms with Gasteiger partial charge in [0.2, 0.25) is 0 Å². The average Bonchev–Trinajstić information content (AvgIpc) is 2.53. The van der Waals surface area contributed by atoms with E-state index in [9.17, 15) is 0 Å². The van der Waals surface area contributed by atoms with Crippen LogP contribution in [0.15, 0.2) is 0 Å². The van der Waals surface area contributed by atoms with Crippen molar-refractivity contribution in [2.45, 2.75) is 83.5 Å². The second-order valence-corrected chi connectivity index (χ2v) is 7.98. The quantitative estimate of drug-likeness (QED) is 0.864. The summed E-state index contributed by atoms with van der Waals surface area (Å²) in [6, 6.07) is 0. The van der Waals surface area contributed by atoms with Gasteiger partial charge in [0.15, 0.2) is 0 Å². The molecule has 0 aliphatic carbocycles. The van der Waals surface area contributed by atoms with Crippen molar-refractivity contribution in [1.29, 1.82) is 0 Å². The van der Waals surface area contributed by atoms with Crippen LogP contribution < -0.4 is 5.73 Å². The molecule has 0 aromatic carbocycles. The molecular weight excluding hydrogens is 248 g/mol. The Hall–Kier alpha value is -0.120. The molecule has 2 N–H and O–H groups in total. The van der Waals surface area contributed by atoms with Gasteiger partial charge >= 0.3 is 0 Å². The molecule has 2 rings (SSSR count). The SMILES string of the molecule is CCC1CCCN(C2(CN)CC(C)(C)OC2(C)C)CC1. The van der Waals surface area contributed by atoms with Gasteiger partial charge in [-0.1, -0.05) is 13.3 Å². The highest BCUT2D eigenvalue weighted by Gasteiger charge is 2.59. The van der Waals surface area contributed by atoms with Crippen LogP contribution in [-0.4, -0.2) is 41.3 Å². The number of hydrogen-bond acceptors (Lipinski definition) is 3. The first-order chi connectivity index (χ1) is 9.26. The molecular formula is C17H34N2O. The molecule has 2 unspecified atom stereocenters. The van der Waals surface area contributed by atoms with Crippen molar-refractivity contribution in [1.82, 2.24) is 4.90 Å². The first kappa shape index (κ1) is 16.3. The molecule has 0 radical (unpaired) electrons. The van der Waals surface area contributed by atoms with Crippen LogP contribution in [0.5, 0.6) is 0 Å². The van der Waals surface area contributed by atoms with Gasteiger partial charge in [-0.25, -0.2) is 0 Å². The number of nitrogens with two attached hydrogens (primary N) is 1. The van der Waals surface area contributed by atoms with Gasteiger partial charge in [-0.15, -0.1) is 0 Å². The molecule has 3 nitrogen and oxygen atoms in total. The predicted octanol–water partition coefficient (Wildman–Crippen LogP) is 3.17. The number of likely N-dealkylation sites (tertiary alicyclic amines) is 1. The average molecular weight is 282 g/mol. The maximum atomic E-state index is 6.37. The molecule has 2 aliphatic rings. The molecule has 0 bridgehead atoms. The fourth-order valence-corrected chi connectivity index (χ4v) is 4.68. The van der Waals surface area contributed by atoms with Crippen LogP contribution in [0.25, 0.3) is 0 Å². The van der Waals surface area contributed by atoms with Crippen LogP contribution in [0, 0.1) is 5.92 Å². The monoisotopic (exact) mass is 282 g/mol. The van der Waals surface area contributed by atoms with Crippen molar-refractivity contribution in [2.24, 2.45) is 11.7 Å². The van der Waals surface area contributed by atoms with E-state index < -0.39 is 0 Å². The minimum absolute atomic E-state index is 0.000862. The molecule has 3 heteroatoms. The fraction of sp³-hybridized carbons (Fsp3) is 1.00. The zero-order chi connectivity index (χ0) is 15.0. The van der Waals surface area contributed by atoms with Gasteiger partial charge in [-0.3, -0.25) is 4.90 Å². The molecule has 2 atom stereocenters. The van der Waals surface area contributed by atoms with E-state index in [2.05, 4.69) is 39.5 Å². The third kappa shape index (κ3) is 2.77. The van der Waals surface area contributed by atoms with Crippen molar-refractivity contribution >= 4 is 0 Å². The van der Waals surface area contributed by atoms with E-state index in [1.807, 2.05) is 0 Å². The normalized spacial score (nSPS) is 37.8. The summed E-state index contributed by atoms with van der Waals surface area (Å²) in [4.78, 5) is 2.66. The van der Waals surface area contributed by atoms with Crippen LogP contribution in [0.2, 0.25) is 0 Å². The molecule has 2 saturated heterocycles. The summed E-state index contributed by atoms with van der Waals surface area (Å²) in [6.07, 6.45) is 6.35. The number of ether oxygens (including phenoxy) is 1. The summed E-state index contributed by atoms with van der Waals surface area (Å²) in [5.41, 5.74) is 6.05. The minimum atomic E-state index is -0.169. The Morgan fingerprint density at radius 1 is 1.15 bits per heavy atom. The molecule has 2 aliphatic heterocycles. The van der Waals surface area contributed by atoms with E-state index in [1.165, 1.54) is 38.8 Å². The maximum Gasteiger partial charge on any atom is 0.0830 e. The molecule has 2 heterocycles. The van der Waals surface area contributed by atoms with Gasteiger partial charge in [0.25, 0.3) is 0 Å². The Morgan fingerprint density at radius 3 is 2.35 bits per heavy atom. The van der Waals surface area contributed by atoms with Gasteiger partial charge in [0, 0.05) is 6.54 Å². The van der Waals surface area contributed by atoms with E-state index in [4.69, 9.17) is 10.5 Å². The first-order valence-corrected chi connectivity index (χ1v) is 8.42. The zero-order valence-corrected chi connectivity index (χ0v) is 14.2. The van der Waals surface area contributed by atoms with Crippen LogP contribution in [0.1, 0.15) is 66.7 Å². The second kappa shape index (κ2) is 5.58. The second-order valence-electron chi connectivity index (χ2n) is 7.98. The minimum Gasteiger partial charge on any atom is -0.368 e. The summed E-state index contributed by atoms with van der Waals surface area (Å²) >= 11 is 0. The van der Waals surface area contributed by atoms with E-state index in [0.29, 0.717) is 6.54 Å². The van der Waals surface area contributed by atoms with Gasteiger partial charge in [-0.2, -0.15) is 0 Å². The Kier molecular flexibility index (Phi) is 4.54. The number of hydrogen-bond donors (Lipinski definition) is 1. The lowest BCUT2D eigenvalue weighted by Crippen LogP contribution is -2.63. The summed E-state index contributed by atoms with van der Waals surface area (Å²) in [7, 11) is 0. The third-order valence-corrected chi connectivity index (χ3v) is 5.74. The molecule has 0 spiro atoms. The first-order valence-electron chi connectivity index (χ1n) is 8.42. The lowest BCUT2D eigenvalue weighted by molar-refractivity contribution is -0.104. The maximum absolute atomic E-state index is 6.37. The highest BCUT2D eigenvalue weighted by Crippen LogP contribution is 2.48. The lowest BCUT2D eigenvalue weighted by Gasteiger charge is -2.47. The molecule has 2 fully saturated rings. The highest BCUT2D eigenvalue weighted by molar-refractivity contribution is 5.13. The molecule has 0 aromatic rings. The molecule has 0 aromatic heterocycles. The van der Waals surface area contributed by atoms with E-state index in [0.717, 1.165) is 12.3 Å². The smallest absolute Gasteiger partial charge is 0.0830 e. The topological polar surface area (TPSA) is 38.5 Å². The zero-order valence-electron chi connectivity index (χ0n) is 14.2. The van der Waals surface area contributed by atoms with Crippen molar-refractivity contribution in [3.8, 4) is 0 Å². The van der Waals surface area contributed by atoms with Gasteiger partial charge < -0.3 is 10.5 Å². The third-order valence-electron chi connectivity index (χ3n) is 5.74. The van der Waals surface area contributed by atoms with Crippen LogP contribution in [0.3, 0.4) is 0 Å². The molecule has 118 valence electrons. The van der Waals surface area contributed by atoms with Crippen molar-refractivity contribution in [2.75, 3.05) is 19.6 Å². The summed E-state index contributed by atoms with van der Waals surface area (Å²) in [5, 5.41) is 0. The van der Waals surface area contributed by atoms with Crippen LogP contribution in [-0.2, 0) is 4.74 Å². The predicted molar refractivity (Wildman–Crippen MR) is 84.9 cm³/mol. The molecule has 0 amide bonds. The van der Waals surface area contributed by atoms with E-state index >= 15 is 0 Å². The molecule has 20 heavy (non-hydrogen) atoms. The lowest BCUT2D eigenvalue weighted by atomic mass is 9.77. The van der Waals surface area contributed by atoms with Gasteiger partial charge in [-0.05, 0) is 72.4 Å². The van der Waals surface area contributed by atoms with Crippen molar-refractivity contribution < 1.29 is 4.74 Å².